The summed E-state index contributed by atoms with van der Waals surface area (Å²) in [5, 5.41) is 4.00. The van der Waals surface area contributed by atoms with Crippen LogP contribution in [0, 0.1) is 0 Å². The van der Waals surface area contributed by atoms with E-state index < -0.39 is 0 Å². The van der Waals surface area contributed by atoms with Crippen LogP contribution in [0.2, 0.25) is 0 Å². The SMILES string of the molecule is COc1ccc2[nH]cc(C3CCN(C(=O)NCCC(=O)OC(C)C)CC3)c2c1. The quantitative estimate of drug-likeness (QED) is 0.744. The maximum absolute atomic E-state index is 12.3. The highest BCUT2D eigenvalue weighted by Gasteiger charge is 2.25. The Morgan fingerprint density at radius 3 is 2.71 bits per heavy atom. The van der Waals surface area contributed by atoms with Crippen molar-refractivity contribution in [3.8, 4) is 5.75 Å². The number of aromatic nitrogens is 1. The van der Waals surface area contributed by atoms with Crippen molar-refractivity contribution in [3.05, 3.63) is 30.0 Å². The number of H-pyrrole nitrogens is 1. The molecule has 0 aliphatic carbocycles. The Balaban J connectivity index is 1.50. The van der Waals surface area contributed by atoms with Crippen LogP contribution in [0.3, 0.4) is 0 Å². The first-order valence-corrected chi connectivity index (χ1v) is 9.85. The molecule has 3 rings (SSSR count). The number of piperidine rings is 1. The van der Waals surface area contributed by atoms with Crippen molar-refractivity contribution in [1.82, 2.24) is 15.2 Å². The smallest absolute Gasteiger partial charge is 0.317 e. The van der Waals surface area contributed by atoms with Crippen molar-refractivity contribution in [2.45, 2.75) is 45.1 Å². The molecule has 2 amide bonds. The summed E-state index contributed by atoms with van der Waals surface area (Å²) in [4.78, 5) is 29.0. The minimum absolute atomic E-state index is 0.114. The summed E-state index contributed by atoms with van der Waals surface area (Å²) in [6.45, 7) is 5.31. The van der Waals surface area contributed by atoms with Crippen LogP contribution in [0.1, 0.15) is 44.6 Å². The minimum Gasteiger partial charge on any atom is -0.497 e. The maximum Gasteiger partial charge on any atom is 0.317 e. The molecule has 0 bridgehead atoms. The van der Waals surface area contributed by atoms with Crippen LogP contribution < -0.4 is 10.1 Å². The van der Waals surface area contributed by atoms with Gasteiger partial charge in [-0.25, -0.2) is 4.79 Å². The third kappa shape index (κ3) is 4.77. The lowest BCUT2D eigenvalue weighted by molar-refractivity contribution is -0.147. The number of carbonyl (C=O) groups is 2. The zero-order valence-corrected chi connectivity index (χ0v) is 16.8. The molecule has 7 nitrogen and oxygen atoms in total. The zero-order valence-electron chi connectivity index (χ0n) is 16.8. The number of esters is 1. The second kappa shape index (κ2) is 8.99. The van der Waals surface area contributed by atoms with Gasteiger partial charge in [0.25, 0.3) is 0 Å². The van der Waals surface area contributed by atoms with E-state index in [0.29, 0.717) is 25.6 Å². The van der Waals surface area contributed by atoms with Gasteiger partial charge in [0.15, 0.2) is 0 Å². The number of hydrogen-bond acceptors (Lipinski definition) is 4. The number of likely N-dealkylation sites (tertiary alicyclic amines) is 1. The highest BCUT2D eigenvalue weighted by molar-refractivity contribution is 5.85. The standard InChI is InChI=1S/C21H29N3O4/c1-14(2)28-20(25)6-9-22-21(26)24-10-7-15(8-11-24)18-13-23-19-5-4-16(27-3)12-17(18)19/h4-5,12-15,23H,6-11H2,1-3H3,(H,22,26). The first-order chi connectivity index (χ1) is 13.5. The van der Waals surface area contributed by atoms with Gasteiger partial charge in [-0.3, -0.25) is 4.79 Å². The molecule has 0 spiro atoms. The normalized spacial score (nSPS) is 15.1. The number of amides is 2. The summed E-state index contributed by atoms with van der Waals surface area (Å²) in [6.07, 6.45) is 3.95. The van der Waals surface area contributed by atoms with Crippen molar-refractivity contribution in [1.29, 1.82) is 0 Å². The van der Waals surface area contributed by atoms with Gasteiger partial charge < -0.3 is 24.7 Å². The van der Waals surface area contributed by atoms with Crippen LogP contribution in [0.25, 0.3) is 10.9 Å². The summed E-state index contributed by atoms with van der Waals surface area (Å²) >= 11 is 0. The van der Waals surface area contributed by atoms with Gasteiger partial charge in [-0.05, 0) is 56.4 Å². The van der Waals surface area contributed by atoms with Crippen molar-refractivity contribution < 1.29 is 19.1 Å². The van der Waals surface area contributed by atoms with Crippen LogP contribution >= 0.6 is 0 Å². The number of benzene rings is 1. The van der Waals surface area contributed by atoms with E-state index in [2.05, 4.69) is 22.6 Å². The minimum atomic E-state index is -0.288. The number of urea groups is 1. The first-order valence-electron chi connectivity index (χ1n) is 9.85. The van der Waals surface area contributed by atoms with E-state index >= 15 is 0 Å². The number of aromatic amines is 1. The zero-order chi connectivity index (χ0) is 20.1. The van der Waals surface area contributed by atoms with Gasteiger partial charge in [0.2, 0.25) is 0 Å². The van der Waals surface area contributed by atoms with Gasteiger partial charge in [0.05, 0.1) is 19.6 Å². The van der Waals surface area contributed by atoms with Crippen LogP contribution in [0.15, 0.2) is 24.4 Å². The molecule has 1 aliphatic heterocycles. The van der Waals surface area contributed by atoms with Crippen LogP contribution in [-0.2, 0) is 9.53 Å². The molecular formula is C21H29N3O4. The average molecular weight is 387 g/mol. The molecule has 1 saturated heterocycles. The van der Waals surface area contributed by atoms with Gasteiger partial charge in [0.1, 0.15) is 5.75 Å². The molecule has 0 radical (unpaired) electrons. The highest BCUT2D eigenvalue weighted by atomic mass is 16.5. The Hall–Kier alpha value is -2.70. The van der Waals surface area contributed by atoms with Gasteiger partial charge in [0, 0.05) is 36.7 Å². The van der Waals surface area contributed by atoms with E-state index in [1.807, 2.05) is 30.9 Å². The van der Waals surface area contributed by atoms with Gasteiger partial charge in [-0.2, -0.15) is 0 Å². The maximum atomic E-state index is 12.3. The van der Waals surface area contributed by atoms with Gasteiger partial charge in [-0.1, -0.05) is 0 Å². The number of nitrogens with zero attached hydrogens (tertiary/aromatic N) is 1. The molecule has 2 N–H and O–H groups in total. The summed E-state index contributed by atoms with van der Waals surface area (Å²) < 4.78 is 10.4. The lowest BCUT2D eigenvalue weighted by Crippen LogP contribution is -2.44. The van der Waals surface area contributed by atoms with Crippen molar-refractivity contribution in [3.63, 3.8) is 0 Å². The van der Waals surface area contributed by atoms with Crippen LogP contribution in [-0.4, -0.2) is 54.7 Å². The lowest BCUT2D eigenvalue weighted by atomic mass is 9.89. The number of hydrogen-bond donors (Lipinski definition) is 2. The van der Waals surface area contributed by atoms with Crippen LogP contribution in [0.4, 0.5) is 4.79 Å². The Morgan fingerprint density at radius 2 is 2.04 bits per heavy atom. The van der Waals surface area contributed by atoms with E-state index in [1.165, 1.54) is 10.9 Å². The Labute approximate surface area is 165 Å². The molecule has 2 aromatic rings. The molecule has 0 atom stereocenters. The fourth-order valence-corrected chi connectivity index (χ4v) is 3.68. The number of carbonyl (C=O) groups excluding carboxylic acids is 2. The summed E-state index contributed by atoms with van der Waals surface area (Å²) in [5.41, 5.74) is 2.38. The molecule has 0 saturated carbocycles. The predicted octanol–water partition coefficient (Wildman–Crippen LogP) is 3.41. The summed E-state index contributed by atoms with van der Waals surface area (Å²) in [5.74, 6) is 0.968. The molecule has 1 aromatic carbocycles. The Morgan fingerprint density at radius 1 is 1.29 bits per heavy atom. The average Bonchev–Trinajstić information content (AvgIpc) is 3.10. The molecular weight excluding hydrogens is 358 g/mol. The van der Waals surface area contributed by atoms with E-state index in [1.54, 1.807) is 7.11 Å². The predicted molar refractivity (Wildman–Crippen MR) is 108 cm³/mol. The topological polar surface area (TPSA) is 83.7 Å². The number of methoxy groups -OCH3 is 1. The van der Waals surface area contributed by atoms with E-state index in [4.69, 9.17) is 9.47 Å². The van der Waals surface area contributed by atoms with E-state index in [0.717, 1.165) is 24.1 Å². The molecule has 7 heteroatoms. The van der Waals surface area contributed by atoms with Crippen molar-refractivity contribution >= 4 is 22.9 Å². The number of ether oxygens (including phenoxy) is 2. The molecule has 28 heavy (non-hydrogen) atoms. The van der Waals surface area contributed by atoms with Crippen LogP contribution in [0.5, 0.6) is 5.75 Å². The first kappa shape index (κ1) is 20.0. The fourth-order valence-electron chi connectivity index (χ4n) is 3.68. The van der Waals surface area contributed by atoms with Crippen molar-refractivity contribution in [2.24, 2.45) is 0 Å². The Kier molecular flexibility index (Phi) is 6.44. The number of rotatable bonds is 6. The molecule has 1 aromatic heterocycles. The molecule has 2 heterocycles. The van der Waals surface area contributed by atoms with Crippen molar-refractivity contribution in [2.75, 3.05) is 26.7 Å². The third-order valence-corrected chi connectivity index (χ3v) is 5.12. The summed E-state index contributed by atoms with van der Waals surface area (Å²) in [7, 11) is 1.67. The fraction of sp³-hybridized carbons (Fsp3) is 0.524. The molecule has 1 fully saturated rings. The lowest BCUT2D eigenvalue weighted by Gasteiger charge is -2.32. The van der Waals surface area contributed by atoms with Gasteiger partial charge in [-0.15, -0.1) is 0 Å². The second-order valence-electron chi connectivity index (χ2n) is 7.44. The highest BCUT2D eigenvalue weighted by Crippen LogP contribution is 2.34. The molecule has 1 aliphatic rings. The Bertz CT molecular complexity index is 822. The van der Waals surface area contributed by atoms with E-state index in [-0.39, 0.29) is 24.5 Å². The largest absolute Gasteiger partial charge is 0.497 e. The number of fused-ring (bicyclic) bond motifs is 1. The monoisotopic (exact) mass is 387 g/mol. The summed E-state index contributed by atoms with van der Waals surface area (Å²) in [6, 6.07) is 5.93. The second-order valence-corrected chi connectivity index (χ2v) is 7.44. The van der Waals surface area contributed by atoms with Gasteiger partial charge >= 0.3 is 12.0 Å². The number of nitrogens with one attached hydrogen (secondary N) is 2. The third-order valence-electron chi connectivity index (χ3n) is 5.12. The van der Waals surface area contributed by atoms with E-state index in [9.17, 15) is 9.59 Å². The molecule has 152 valence electrons. The molecule has 0 unspecified atom stereocenters.